The Kier molecular flexibility index (Phi) is 6.44. The van der Waals surface area contributed by atoms with Crippen LogP contribution in [-0.2, 0) is 11.3 Å². The van der Waals surface area contributed by atoms with Gasteiger partial charge in [-0.25, -0.2) is 4.98 Å². The number of rotatable bonds is 8. The highest BCUT2D eigenvalue weighted by atomic mass is 16.5. The zero-order chi connectivity index (χ0) is 18.2. The van der Waals surface area contributed by atoms with Crippen molar-refractivity contribution in [3.63, 3.8) is 0 Å². The summed E-state index contributed by atoms with van der Waals surface area (Å²) in [5, 5.41) is 2.93. The molecule has 0 unspecified atom stereocenters. The van der Waals surface area contributed by atoms with E-state index in [1.807, 2.05) is 30.5 Å². The molecule has 1 aromatic heterocycles. The van der Waals surface area contributed by atoms with Crippen molar-refractivity contribution in [2.45, 2.75) is 19.4 Å². The minimum Gasteiger partial charge on any atom is -0.490 e. The molecule has 1 aromatic carbocycles. The zero-order valence-electron chi connectivity index (χ0n) is 15.1. The molecule has 1 amide bonds. The molecule has 1 fully saturated rings. The van der Waals surface area contributed by atoms with Gasteiger partial charge in [-0.05, 0) is 36.6 Å². The van der Waals surface area contributed by atoms with E-state index in [1.54, 1.807) is 19.2 Å². The number of pyridine rings is 1. The maximum absolute atomic E-state index is 12.5. The lowest BCUT2D eigenvalue weighted by Crippen LogP contribution is -2.24. The third kappa shape index (κ3) is 4.73. The predicted octanol–water partition coefficient (Wildman–Crippen LogP) is 2.64. The van der Waals surface area contributed by atoms with Gasteiger partial charge in [0.2, 0.25) is 0 Å². The molecule has 1 N–H and O–H groups in total. The minimum atomic E-state index is -0.165. The van der Waals surface area contributed by atoms with E-state index in [4.69, 9.17) is 9.47 Å². The lowest BCUT2D eigenvalue weighted by Gasteiger charge is -2.16. The number of carbonyl (C=O) groups excluding carboxylic acids is 1. The summed E-state index contributed by atoms with van der Waals surface area (Å²) in [4.78, 5) is 19.3. The van der Waals surface area contributed by atoms with Crippen LogP contribution in [0.2, 0.25) is 0 Å². The molecule has 6 heteroatoms. The molecule has 26 heavy (non-hydrogen) atoms. The largest absolute Gasteiger partial charge is 0.490 e. The summed E-state index contributed by atoms with van der Waals surface area (Å²) in [6.07, 6.45) is 4.28. The molecule has 0 bridgehead atoms. The lowest BCUT2D eigenvalue weighted by molar-refractivity contribution is 0.0943. The Morgan fingerprint density at radius 1 is 1.15 bits per heavy atom. The second-order valence-electron chi connectivity index (χ2n) is 6.24. The molecule has 0 saturated carbocycles. The molecule has 1 aliphatic heterocycles. The molecule has 1 aliphatic rings. The lowest BCUT2D eigenvalue weighted by atomic mass is 10.2. The first-order valence-corrected chi connectivity index (χ1v) is 8.97. The van der Waals surface area contributed by atoms with Crippen molar-refractivity contribution in [2.24, 2.45) is 0 Å². The Hall–Kier alpha value is -2.60. The van der Waals surface area contributed by atoms with Crippen molar-refractivity contribution in [3.05, 3.63) is 53.7 Å². The second-order valence-corrected chi connectivity index (χ2v) is 6.24. The first-order valence-electron chi connectivity index (χ1n) is 8.97. The van der Waals surface area contributed by atoms with Crippen LogP contribution in [0, 0.1) is 0 Å². The Labute approximate surface area is 154 Å². The average Bonchev–Trinajstić information content (AvgIpc) is 3.22. The van der Waals surface area contributed by atoms with Gasteiger partial charge in [-0.1, -0.05) is 18.2 Å². The van der Waals surface area contributed by atoms with Gasteiger partial charge in [0.1, 0.15) is 18.2 Å². The number of hydrogen-bond acceptors (Lipinski definition) is 5. The predicted molar refractivity (Wildman–Crippen MR) is 101 cm³/mol. The number of anilines is 1. The summed E-state index contributed by atoms with van der Waals surface area (Å²) in [6.45, 7) is 3.46. The van der Waals surface area contributed by atoms with E-state index in [9.17, 15) is 4.79 Å². The average molecular weight is 355 g/mol. The highest BCUT2D eigenvalue weighted by Crippen LogP contribution is 2.19. The van der Waals surface area contributed by atoms with Gasteiger partial charge in [-0.2, -0.15) is 0 Å². The van der Waals surface area contributed by atoms with Crippen molar-refractivity contribution < 1.29 is 14.3 Å². The Morgan fingerprint density at radius 3 is 2.69 bits per heavy atom. The number of nitrogens with zero attached hydrogens (tertiary/aromatic N) is 2. The fourth-order valence-corrected chi connectivity index (χ4v) is 2.95. The standard InChI is InChI=1S/C20H25N3O3/c1-25-12-13-26-18-7-3-2-6-17(18)20(24)22-15-16-8-9-19(21-14-16)23-10-4-5-11-23/h2-3,6-9,14H,4-5,10-13,15H2,1H3,(H,22,24). The highest BCUT2D eigenvalue weighted by molar-refractivity contribution is 5.96. The monoisotopic (exact) mass is 355 g/mol. The van der Waals surface area contributed by atoms with E-state index in [0.29, 0.717) is 31.1 Å². The van der Waals surface area contributed by atoms with Crippen LogP contribution in [0.1, 0.15) is 28.8 Å². The maximum atomic E-state index is 12.5. The molecule has 1 saturated heterocycles. The third-order valence-electron chi connectivity index (χ3n) is 4.37. The number of aromatic nitrogens is 1. The van der Waals surface area contributed by atoms with Crippen molar-refractivity contribution >= 4 is 11.7 Å². The first kappa shape index (κ1) is 18.2. The topological polar surface area (TPSA) is 63.7 Å². The van der Waals surface area contributed by atoms with Crippen LogP contribution in [0.15, 0.2) is 42.6 Å². The summed E-state index contributed by atoms with van der Waals surface area (Å²) in [7, 11) is 1.62. The van der Waals surface area contributed by atoms with Crippen molar-refractivity contribution in [3.8, 4) is 5.75 Å². The van der Waals surface area contributed by atoms with Crippen LogP contribution in [0.4, 0.5) is 5.82 Å². The number of para-hydroxylation sites is 1. The number of methoxy groups -OCH3 is 1. The SMILES string of the molecule is COCCOc1ccccc1C(=O)NCc1ccc(N2CCCC2)nc1. The number of nitrogens with one attached hydrogen (secondary N) is 1. The maximum Gasteiger partial charge on any atom is 0.255 e. The zero-order valence-corrected chi connectivity index (χ0v) is 15.1. The summed E-state index contributed by atoms with van der Waals surface area (Å²) in [5.74, 6) is 1.40. The van der Waals surface area contributed by atoms with Gasteiger partial charge in [0, 0.05) is 32.9 Å². The molecule has 0 atom stereocenters. The Morgan fingerprint density at radius 2 is 1.96 bits per heavy atom. The molecule has 138 valence electrons. The molecule has 0 radical (unpaired) electrons. The van der Waals surface area contributed by atoms with E-state index < -0.39 is 0 Å². The first-order chi connectivity index (χ1) is 12.8. The summed E-state index contributed by atoms with van der Waals surface area (Å²) >= 11 is 0. The van der Waals surface area contributed by atoms with Gasteiger partial charge >= 0.3 is 0 Å². The molecule has 2 heterocycles. The van der Waals surface area contributed by atoms with E-state index in [0.717, 1.165) is 24.5 Å². The molecule has 0 spiro atoms. The van der Waals surface area contributed by atoms with Gasteiger partial charge < -0.3 is 19.7 Å². The normalized spacial score (nSPS) is 13.7. The van der Waals surface area contributed by atoms with Crippen LogP contribution in [0.5, 0.6) is 5.75 Å². The van der Waals surface area contributed by atoms with Crippen LogP contribution in [-0.4, -0.2) is 44.3 Å². The molecule has 3 rings (SSSR count). The molecule has 0 aliphatic carbocycles. The van der Waals surface area contributed by atoms with Gasteiger partial charge in [-0.3, -0.25) is 4.79 Å². The van der Waals surface area contributed by atoms with Crippen LogP contribution < -0.4 is 15.0 Å². The van der Waals surface area contributed by atoms with E-state index in [2.05, 4.69) is 15.2 Å². The molecule has 6 nitrogen and oxygen atoms in total. The van der Waals surface area contributed by atoms with Gasteiger partial charge in [0.05, 0.1) is 12.2 Å². The highest BCUT2D eigenvalue weighted by Gasteiger charge is 2.14. The second kappa shape index (κ2) is 9.20. The Balaban J connectivity index is 1.56. The quantitative estimate of drug-likeness (QED) is 0.738. The van der Waals surface area contributed by atoms with E-state index in [1.165, 1.54) is 12.8 Å². The number of benzene rings is 1. The minimum absolute atomic E-state index is 0.165. The summed E-state index contributed by atoms with van der Waals surface area (Å²) < 4.78 is 10.6. The molecule has 2 aromatic rings. The van der Waals surface area contributed by atoms with Crippen molar-refractivity contribution in [1.29, 1.82) is 0 Å². The Bertz CT molecular complexity index is 712. The van der Waals surface area contributed by atoms with E-state index >= 15 is 0 Å². The van der Waals surface area contributed by atoms with E-state index in [-0.39, 0.29) is 5.91 Å². The number of ether oxygens (including phenoxy) is 2. The number of amides is 1. The molecular formula is C20H25N3O3. The van der Waals surface area contributed by atoms with Crippen molar-refractivity contribution in [2.75, 3.05) is 38.3 Å². The van der Waals surface area contributed by atoms with Crippen molar-refractivity contribution in [1.82, 2.24) is 10.3 Å². The van der Waals surface area contributed by atoms with Crippen LogP contribution >= 0.6 is 0 Å². The van der Waals surface area contributed by atoms with Crippen LogP contribution in [0.3, 0.4) is 0 Å². The number of hydrogen-bond donors (Lipinski definition) is 1. The molecular weight excluding hydrogens is 330 g/mol. The fourth-order valence-electron chi connectivity index (χ4n) is 2.95. The smallest absolute Gasteiger partial charge is 0.255 e. The van der Waals surface area contributed by atoms with Gasteiger partial charge in [-0.15, -0.1) is 0 Å². The summed E-state index contributed by atoms with van der Waals surface area (Å²) in [5.41, 5.74) is 1.49. The fraction of sp³-hybridized carbons (Fsp3) is 0.400. The van der Waals surface area contributed by atoms with Gasteiger partial charge in [0.15, 0.2) is 0 Å². The van der Waals surface area contributed by atoms with Gasteiger partial charge in [0.25, 0.3) is 5.91 Å². The van der Waals surface area contributed by atoms with Crippen LogP contribution in [0.25, 0.3) is 0 Å². The summed E-state index contributed by atoms with van der Waals surface area (Å²) in [6, 6.07) is 11.3. The number of carbonyl (C=O) groups is 1. The third-order valence-corrected chi connectivity index (χ3v) is 4.37.